The largest absolute Gasteiger partial charge is 0.478 e. The first-order chi connectivity index (χ1) is 25.1. The summed E-state index contributed by atoms with van der Waals surface area (Å²) in [6.07, 6.45) is 2.01. The first kappa shape index (κ1) is 44.5. The number of hydrogen-bond donors (Lipinski definition) is 2. The first-order valence-corrected chi connectivity index (χ1v) is 21.5. The molecule has 2 aromatic rings. The van der Waals surface area contributed by atoms with Crippen LogP contribution >= 0.6 is 0 Å². The SMILES string of the molecule is CC(C)(CCO[Si](c1ccccc1)(c1ccccc1)C(C)(C)C)COS(=O)(=O)CCOC[C@@H]1C[C@H](NC(=O)/C=C\C(=O)O)C(=O)N1CC(=O)OC(C)(C)C. The molecule has 0 bridgehead atoms. The minimum atomic E-state index is -4.00. The fourth-order valence-corrected chi connectivity index (χ4v) is 11.8. The monoisotopic (exact) mass is 788 g/mol. The smallest absolute Gasteiger partial charge is 0.328 e. The topological polar surface area (TPSA) is 175 Å². The van der Waals surface area contributed by atoms with Gasteiger partial charge in [-0.25, -0.2) is 4.79 Å². The average molecular weight is 789 g/mol. The molecule has 0 aromatic heterocycles. The number of carbonyl (C=O) groups is 4. The van der Waals surface area contributed by atoms with Crippen LogP contribution in [-0.2, 0) is 47.4 Å². The van der Waals surface area contributed by atoms with Crippen molar-refractivity contribution in [2.75, 3.05) is 38.7 Å². The Kier molecular flexibility index (Phi) is 15.4. The maximum Gasteiger partial charge on any atom is 0.328 e. The highest BCUT2D eigenvalue weighted by molar-refractivity contribution is 7.86. The van der Waals surface area contributed by atoms with E-state index in [1.807, 2.05) is 50.2 Å². The van der Waals surface area contributed by atoms with Crippen molar-refractivity contribution in [1.29, 1.82) is 0 Å². The molecule has 298 valence electrons. The predicted octanol–water partition coefficient (Wildman–Crippen LogP) is 3.41. The van der Waals surface area contributed by atoms with Crippen molar-refractivity contribution in [1.82, 2.24) is 10.2 Å². The number of aliphatic carboxylic acids is 1. The van der Waals surface area contributed by atoms with E-state index in [1.165, 1.54) is 4.90 Å². The molecule has 0 aliphatic carbocycles. The van der Waals surface area contributed by atoms with E-state index in [4.69, 9.17) is 23.2 Å². The molecule has 0 radical (unpaired) electrons. The number of hydrogen-bond acceptors (Lipinski definition) is 10. The molecule has 3 rings (SSSR count). The van der Waals surface area contributed by atoms with Gasteiger partial charge in [0.25, 0.3) is 18.4 Å². The molecule has 2 amide bonds. The van der Waals surface area contributed by atoms with Gasteiger partial charge in [-0.2, -0.15) is 8.42 Å². The van der Waals surface area contributed by atoms with Crippen LogP contribution in [0.2, 0.25) is 5.04 Å². The number of rotatable bonds is 19. The molecule has 0 saturated carbocycles. The maximum atomic E-state index is 13.2. The molecule has 2 N–H and O–H groups in total. The third-order valence-corrected chi connectivity index (χ3v) is 15.1. The molecule has 0 unspecified atom stereocenters. The number of amides is 2. The average Bonchev–Trinajstić information content (AvgIpc) is 3.35. The van der Waals surface area contributed by atoms with Gasteiger partial charge in [0.2, 0.25) is 11.8 Å². The second-order valence-corrected chi connectivity index (χ2v) is 22.3. The van der Waals surface area contributed by atoms with E-state index >= 15 is 0 Å². The van der Waals surface area contributed by atoms with Crippen LogP contribution in [0.25, 0.3) is 0 Å². The number of carboxylic acid groups (broad SMARTS) is 1. The van der Waals surface area contributed by atoms with Gasteiger partial charge in [0.05, 0.1) is 31.6 Å². The van der Waals surface area contributed by atoms with Crippen LogP contribution in [0.5, 0.6) is 0 Å². The Balaban J connectivity index is 1.58. The fraction of sp³-hybridized carbons (Fsp3) is 0.538. The summed E-state index contributed by atoms with van der Waals surface area (Å²) >= 11 is 0. The van der Waals surface area contributed by atoms with E-state index in [0.717, 1.165) is 16.4 Å². The Morgan fingerprint density at radius 1 is 0.907 bits per heavy atom. The van der Waals surface area contributed by atoms with Crippen molar-refractivity contribution in [3.63, 3.8) is 0 Å². The van der Waals surface area contributed by atoms with Gasteiger partial charge < -0.3 is 29.2 Å². The van der Waals surface area contributed by atoms with Gasteiger partial charge in [-0.1, -0.05) is 95.3 Å². The number of esters is 1. The van der Waals surface area contributed by atoms with E-state index in [9.17, 15) is 27.6 Å². The molecule has 1 aliphatic rings. The van der Waals surface area contributed by atoms with Crippen molar-refractivity contribution in [3.05, 3.63) is 72.8 Å². The molecule has 0 spiro atoms. The van der Waals surface area contributed by atoms with Crippen molar-refractivity contribution in [3.8, 4) is 0 Å². The zero-order chi connectivity index (χ0) is 40.4. The zero-order valence-electron chi connectivity index (χ0n) is 32.6. The molecule has 1 fully saturated rings. The lowest BCUT2D eigenvalue weighted by atomic mass is 9.91. The Morgan fingerprint density at radius 3 is 2.00 bits per heavy atom. The van der Waals surface area contributed by atoms with Gasteiger partial charge in [0.15, 0.2) is 0 Å². The lowest BCUT2D eigenvalue weighted by molar-refractivity contribution is -0.159. The van der Waals surface area contributed by atoms with Crippen LogP contribution in [0.1, 0.15) is 68.2 Å². The lowest BCUT2D eigenvalue weighted by Gasteiger charge is -2.43. The van der Waals surface area contributed by atoms with Crippen molar-refractivity contribution in [2.45, 2.75) is 91.0 Å². The Morgan fingerprint density at radius 2 is 1.48 bits per heavy atom. The molecule has 54 heavy (non-hydrogen) atoms. The summed E-state index contributed by atoms with van der Waals surface area (Å²) in [5.74, 6) is -3.83. The third-order valence-electron chi connectivity index (χ3n) is 8.87. The van der Waals surface area contributed by atoms with Crippen LogP contribution in [0, 0.1) is 5.41 Å². The van der Waals surface area contributed by atoms with Crippen molar-refractivity contribution < 1.29 is 50.8 Å². The van der Waals surface area contributed by atoms with Gasteiger partial charge in [0.1, 0.15) is 18.2 Å². The van der Waals surface area contributed by atoms with Gasteiger partial charge >= 0.3 is 11.9 Å². The number of nitrogens with one attached hydrogen (secondary N) is 1. The number of benzene rings is 2. The number of carbonyl (C=O) groups excluding carboxylic acids is 3. The highest BCUT2D eigenvalue weighted by atomic mass is 32.2. The number of likely N-dealkylation sites (tertiary alicyclic amines) is 1. The van der Waals surface area contributed by atoms with E-state index in [-0.39, 0.29) is 31.3 Å². The summed E-state index contributed by atoms with van der Waals surface area (Å²) in [4.78, 5) is 49.9. The van der Waals surface area contributed by atoms with Crippen LogP contribution in [0.4, 0.5) is 0 Å². The minimum absolute atomic E-state index is 0.0433. The normalized spacial score (nSPS) is 17.2. The summed E-state index contributed by atoms with van der Waals surface area (Å²) in [5, 5.41) is 13.4. The van der Waals surface area contributed by atoms with Crippen LogP contribution in [0.15, 0.2) is 72.8 Å². The highest BCUT2D eigenvalue weighted by Gasteiger charge is 2.50. The molecule has 2 atom stereocenters. The number of carboxylic acids is 1. The Hall–Kier alpha value is -3.89. The maximum absolute atomic E-state index is 13.2. The predicted molar refractivity (Wildman–Crippen MR) is 207 cm³/mol. The molecule has 15 heteroatoms. The molecular formula is C39H56N2O11SSi. The summed E-state index contributed by atoms with van der Waals surface area (Å²) in [7, 11) is -6.76. The van der Waals surface area contributed by atoms with E-state index in [0.29, 0.717) is 19.1 Å². The highest BCUT2D eigenvalue weighted by Crippen LogP contribution is 2.37. The third kappa shape index (κ3) is 13.1. The standard InChI is InChI=1S/C39H56N2O11SSi/c1-37(2,3)52-35(45)26-41-29(25-32(36(41)46)40-33(42)19-20-34(43)44)27-49-23-24-53(47,48)50-28-39(7,8)21-22-51-54(38(4,5)6,30-15-11-9-12-16-30)31-17-13-10-14-18-31/h9-20,29,32H,21-28H2,1-8H3,(H,40,42)(H,43,44)/b20-19-/t29-,32-/m0/s1. The number of nitrogens with zero attached hydrogens (tertiary/aromatic N) is 1. The number of ether oxygens (including phenoxy) is 2. The summed E-state index contributed by atoms with van der Waals surface area (Å²) in [5.41, 5.74) is -1.36. The second-order valence-electron chi connectivity index (χ2n) is 16.2. The lowest BCUT2D eigenvalue weighted by Crippen LogP contribution is -2.66. The molecule has 1 heterocycles. The summed E-state index contributed by atoms with van der Waals surface area (Å²) in [6, 6.07) is 18.8. The van der Waals surface area contributed by atoms with E-state index in [2.05, 4.69) is 50.4 Å². The fourth-order valence-electron chi connectivity index (χ4n) is 6.25. The van der Waals surface area contributed by atoms with Crippen LogP contribution < -0.4 is 15.7 Å². The molecule has 1 saturated heterocycles. The molecule has 13 nitrogen and oxygen atoms in total. The van der Waals surface area contributed by atoms with Gasteiger partial charge in [-0.15, -0.1) is 0 Å². The molecule has 2 aromatic carbocycles. The zero-order valence-corrected chi connectivity index (χ0v) is 34.4. The Labute approximate surface area is 320 Å². The van der Waals surface area contributed by atoms with Crippen LogP contribution in [-0.4, -0.2) is 107 Å². The second kappa shape index (κ2) is 18.6. The minimum Gasteiger partial charge on any atom is -0.478 e. The van der Waals surface area contributed by atoms with Crippen molar-refractivity contribution >= 4 is 52.6 Å². The summed E-state index contributed by atoms with van der Waals surface area (Å²) < 4.78 is 49.3. The molecular weight excluding hydrogens is 733 g/mol. The van der Waals surface area contributed by atoms with Crippen LogP contribution in [0.3, 0.4) is 0 Å². The van der Waals surface area contributed by atoms with Crippen molar-refractivity contribution in [2.24, 2.45) is 5.41 Å². The van der Waals surface area contributed by atoms with E-state index in [1.54, 1.807) is 20.8 Å². The van der Waals surface area contributed by atoms with E-state index < -0.39 is 77.6 Å². The van der Waals surface area contributed by atoms with Gasteiger partial charge in [-0.3, -0.25) is 18.6 Å². The quantitative estimate of drug-likeness (QED) is 0.0702. The van der Waals surface area contributed by atoms with Gasteiger partial charge in [0, 0.05) is 18.8 Å². The first-order valence-electron chi connectivity index (χ1n) is 18.0. The summed E-state index contributed by atoms with van der Waals surface area (Å²) in [6.45, 7) is 15.0. The molecule has 1 aliphatic heterocycles. The van der Waals surface area contributed by atoms with Gasteiger partial charge in [-0.05, 0) is 54.4 Å². The Bertz CT molecular complexity index is 1680.